The summed E-state index contributed by atoms with van der Waals surface area (Å²) in [6.07, 6.45) is 2.18. The Morgan fingerprint density at radius 3 is 3.00 bits per heavy atom. The van der Waals surface area contributed by atoms with E-state index in [0.717, 1.165) is 34.5 Å². The van der Waals surface area contributed by atoms with E-state index in [0.29, 0.717) is 18.2 Å². The summed E-state index contributed by atoms with van der Waals surface area (Å²) < 4.78 is 5.06. The molecule has 1 fully saturated rings. The highest BCUT2D eigenvalue weighted by Gasteiger charge is 2.24. The summed E-state index contributed by atoms with van der Waals surface area (Å²) in [6, 6.07) is 10.0. The lowest BCUT2D eigenvalue weighted by molar-refractivity contribution is 0.0952. The zero-order chi connectivity index (χ0) is 14.7. The van der Waals surface area contributed by atoms with Crippen LogP contribution in [0.4, 0.5) is 0 Å². The molecule has 21 heavy (non-hydrogen) atoms. The van der Waals surface area contributed by atoms with Gasteiger partial charge in [-0.2, -0.15) is 0 Å². The number of aromatic nitrogens is 1. The number of nitrogens with one attached hydrogen (secondary N) is 1. The summed E-state index contributed by atoms with van der Waals surface area (Å²) >= 11 is 1.61. The Balaban J connectivity index is 1.92. The molecule has 5 heteroatoms. The maximum atomic E-state index is 12.4. The molecule has 3 rings (SSSR count). The number of hydrogen-bond donors (Lipinski definition) is 1. The molecule has 1 aromatic heterocycles. The molecule has 0 aliphatic heterocycles. The lowest BCUT2D eigenvalue weighted by Crippen LogP contribution is -2.25. The van der Waals surface area contributed by atoms with Gasteiger partial charge in [-0.25, -0.2) is 4.98 Å². The molecule has 1 aromatic carbocycles. The Morgan fingerprint density at radius 1 is 1.43 bits per heavy atom. The van der Waals surface area contributed by atoms with Gasteiger partial charge in [0.25, 0.3) is 5.91 Å². The zero-order valence-electron chi connectivity index (χ0n) is 12.0. The van der Waals surface area contributed by atoms with Crippen LogP contribution >= 0.6 is 11.8 Å². The standard InChI is InChI=1S/C16H18N2O2S/c1-20-8-9-21-15-10-13(16(19)17-11-6-7-11)12-4-2-3-5-14(12)18-15/h2-5,10-11H,6-9H2,1H3,(H,17,19). The summed E-state index contributed by atoms with van der Waals surface area (Å²) in [5.41, 5.74) is 1.58. The second kappa shape index (κ2) is 6.45. The molecule has 0 spiro atoms. The van der Waals surface area contributed by atoms with Gasteiger partial charge in [-0.05, 0) is 25.0 Å². The smallest absolute Gasteiger partial charge is 0.252 e. The fourth-order valence-corrected chi connectivity index (χ4v) is 2.96. The van der Waals surface area contributed by atoms with Crippen LogP contribution in [0.3, 0.4) is 0 Å². The van der Waals surface area contributed by atoms with Gasteiger partial charge in [-0.1, -0.05) is 18.2 Å². The normalized spacial score (nSPS) is 14.3. The topological polar surface area (TPSA) is 51.2 Å². The van der Waals surface area contributed by atoms with Crippen molar-refractivity contribution in [2.75, 3.05) is 19.5 Å². The van der Waals surface area contributed by atoms with E-state index in [-0.39, 0.29) is 5.91 Å². The number of benzene rings is 1. The Kier molecular flexibility index (Phi) is 4.41. The molecule has 0 atom stereocenters. The molecule has 1 N–H and O–H groups in total. The second-order valence-electron chi connectivity index (χ2n) is 5.11. The van der Waals surface area contributed by atoms with Gasteiger partial charge in [0.05, 0.1) is 22.7 Å². The molecule has 0 radical (unpaired) electrons. The van der Waals surface area contributed by atoms with Gasteiger partial charge in [-0.3, -0.25) is 4.79 Å². The number of methoxy groups -OCH3 is 1. The van der Waals surface area contributed by atoms with Crippen molar-refractivity contribution < 1.29 is 9.53 Å². The number of para-hydroxylation sites is 1. The fourth-order valence-electron chi connectivity index (χ4n) is 2.13. The van der Waals surface area contributed by atoms with Crippen LogP contribution < -0.4 is 5.32 Å². The van der Waals surface area contributed by atoms with Crippen molar-refractivity contribution in [3.05, 3.63) is 35.9 Å². The van der Waals surface area contributed by atoms with Crippen LogP contribution in [-0.2, 0) is 4.74 Å². The Hall–Kier alpha value is -1.59. The minimum Gasteiger partial charge on any atom is -0.384 e. The van der Waals surface area contributed by atoms with E-state index in [1.54, 1.807) is 18.9 Å². The summed E-state index contributed by atoms with van der Waals surface area (Å²) in [6.45, 7) is 0.669. The number of pyridine rings is 1. The van der Waals surface area contributed by atoms with Crippen molar-refractivity contribution in [3.63, 3.8) is 0 Å². The van der Waals surface area contributed by atoms with Gasteiger partial charge in [0.15, 0.2) is 0 Å². The summed E-state index contributed by atoms with van der Waals surface area (Å²) in [4.78, 5) is 17.0. The quantitative estimate of drug-likeness (QED) is 0.658. The second-order valence-corrected chi connectivity index (χ2v) is 6.23. The first kappa shape index (κ1) is 14.4. The van der Waals surface area contributed by atoms with E-state index in [4.69, 9.17) is 4.74 Å². The number of nitrogens with zero attached hydrogens (tertiary/aromatic N) is 1. The van der Waals surface area contributed by atoms with Crippen LogP contribution in [0.25, 0.3) is 10.9 Å². The first-order valence-corrected chi connectivity index (χ1v) is 8.09. The van der Waals surface area contributed by atoms with Gasteiger partial charge in [0.2, 0.25) is 0 Å². The molecule has 0 saturated heterocycles. The summed E-state index contributed by atoms with van der Waals surface area (Å²) in [7, 11) is 1.68. The predicted octanol–water partition coefficient (Wildman–Crippen LogP) is 2.87. The van der Waals surface area contributed by atoms with E-state index in [1.165, 1.54) is 0 Å². The van der Waals surface area contributed by atoms with Gasteiger partial charge < -0.3 is 10.1 Å². The monoisotopic (exact) mass is 302 g/mol. The first-order valence-electron chi connectivity index (χ1n) is 7.10. The number of carbonyl (C=O) groups is 1. The van der Waals surface area contributed by atoms with E-state index in [1.807, 2.05) is 30.3 Å². The maximum Gasteiger partial charge on any atom is 0.252 e. The van der Waals surface area contributed by atoms with E-state index < -0.39 is 0 Å². The number of carbonyl (C=O) groups excluding carboxylic acids is 1. The lowest BCUT2D eigenvalue weighted by Gasteiger charge is -2.09. The molecule has 0 bridgehead atoms. The average Bonchev–Trinajstić information content (AvgIpc) is 3.30. The van der Waals surface area contributed by atoms with Gasteiger partial charge in [0, 0.05) is 24.3 Å². The highest BCUT2D eigenvalue weighted by Crippen LogP contribution is 2.25. The lowest BCUT2D eigenvalue weighted by atomic mass is 10.1. The highest BCUT2D eigenvalue weighted by molar-refractivity contribution is 7.99. The van der Waals surface area contributed by atoms with Crippen LogP contribution in [0.15, 0.2) is 35.4 Å². The molecule has 1 aliphatic carbocycles. The van der Waals surface area contributed by atoms with Crippen molar-refractivity contribution >= 4 is 28.6 Å². The van der Waals surface area contributed by atoms with Crippen molar-refractivity contribution in [1.82, 2.24) is 10.3 Å². The number of thioether (sulfide) groups is 1. The van der Waals surface area contributed by atoms with Crippen molar-refractivity contribution in [2.45, 2.75) is 23.9 Å². The number of amides is 1. The van der Waals surface area contributed by atoms with Gasteiger partial charge in [0.1, 0.15) is 0 Å². The largest absolute Gasteiger partial charge is 0.384 e. The van der Waals surface area contributed by atoms with Crippen LogP contribution in [0.5, 0.6) is 0 Å². The van der Waals surface area contributed by atoms with E-state index in [2.05, 4.69) is 10.3 Å². The van der Waals surface area contributed by atoms with Crippen molar-refractivity contribution in [3.8, 4) is 0 Å². The van der Waals surface area contributed by atoms with Gasteiger partial charge in [-0.15, -0.1) is 11.8 Å². The molecule has 2 aromatic rings. The van der Waals surface area contributed by atoms with Crippen molar-refractivity contribution in [2.24, 2.45) is 0 Å². The summed E-state index contributed by atoms with van der Waals surface area (Å²) in [5.74, 6) is 0.829. The number of fused-ring (bicyclic) bond motifs is 1. The minimum atomic E-state index is 0.00434. The molecule has 110 valence electrons. The summed E-state index contributed by atoms with van der Waals surface area (Å²) in [5, 5.41) is 4.83. The van der Waals surface area contributed by atoms with Crippen LogP contribution in [0.2, 0.25) is 0 Å². The third kappa shape index (κ3) is 3.54. The minimum absolute atomic E-state index is 0.00434. The fraction of sp³-hybridized carbons (Fsp3) is 0.375. The predicted molar refractivity (Wildman–Crippen MR) is 84.8 cm³/mol. The average molecular weight is 302 g/mol. The molecule has 1 amide bonds. The molecule has 1 aliphatic rings. The molecule has 0 unspecified atom stereocenters. The number of ether oxygens (including phenoxy) is 1. The maximum absolute atomic E-state index is 12.4. The number of rotatable bonds is 6. The van der Waals surface area contributed by atoms with Crippen LogP contribution in [-0.4, -0.2) is 36.4 Å². The molecular formula is C16H18N2O2S. The molecular weight excluding hydrogens is 284 g/mol. The molecule has 1 heterocycles. The Bertz CT molecular complexity index is 656. The molecule has 4 nitrogen and oxygen atoms in total. The zero-order valence-corrected chi connectivity index (χ0v) is 12.8. The van der Waals surface area contributed by atoms with Crippen molar-refractivity contribution in [1.29, 1.82) is 0 Å². The van der Waals surface area contributed by atoms with Crippen LogP contribution in [0.1, 0.15) is 23.2 Å². The van der Waals surface area contributed by atoms with E-state index >= 15 is 0 Å². The Labute approximate surface area is 128 Å². The molecule has 1 saturated carbocycles. The first-order chi connectivity index (χ1) is 10.3. The highest BCUT2D eigenvalue weighted by atomic mass is 32.2. The SMILES string of the molecule is COCCSc1cc(C(=O)NC2CC2)c2ccccc2n1. The third-order valence-corrected chi connectivity index (χ3v) is 4.26. The van der Waals surface area contributed by atoms with Gasteiger partial charge >= 0.3 is 0 Å². The van der Waals surface area contributed by atoms with E-state index in [9.17, 15) is 4.79 Å². The van der Waals surface area contributed by atoms with Crippen LogP contribution in [0, 0.1) is 0 Å². The number of hydrogen-bond acceptors (Lipinski definition) is 4. The third-order valence-electron chi connectivity index (χ3n) is 3.39. The Morgan fingerprint density at radius 2 is 2.24 bits per heavy atom.